The first-order valence-corrected chi connectivity index (χ1v) is 10.9. The van der Waals surface area contributed by atoms with Crippen molar-refractivity contribution in [2.75, 3.05) is 22.5 Å². The van der Waals surface area contributed by atoms with Gasteiger partial charge in [0, 0.05) is 35.1 Å². The number of carbonyl (C=O) groups is 2. The third-order valence-corrected chi connectivity index (χ3v) is 5.43. The lowest BCUT2D eigenvalue weighted by atomic mass is 10.1. The van der Waals surface area contributed by atoms with Gasteiger partial charge in [-0.15, -0.1) is 12.4 Å². The standard InChI is InChI=1S/C24H21ClN6O3.ClH/c1-2-8-31(17-5-3-4-16(26)11-17)24(34)14-6-7-19(25)20(10-14)29-22(32)18-9-15-12-27-13-28-21(15)30-23(18)33;/h3-7,9-13H,2,8,26H2,1H3,(H,29,32)(H,27,28,30,33);1H. The lowest BCUT2D eigenvalue weighted by Gasteiger charge is -2.23. The van der Waals surface area contributed by atoms with E-state index in [-0.39, 0.29) is 34.6 Å². The Morgan fingerprint density at radius 1 is 1.17 bits per heavy atom. The van der Waals surface area contributed by atoms with Crippen LogP contribution in [0.3, 0.4) is 0 Å². The maximum atomic E-state index is 13.3. The highest BCUT2D eigenvalue weighted by Crippen LogP contribution is 2.26. The van der Waals surface area contributed by atoms with E-state index in [1.54, 1.807) is 35.2 Å². The van der Waals surface area contributed by atoms with E-state index in [1.807, 2.05) is 6.92 Å². The summed E-state index contributed by atoms with van der Waals surface area (Å²) in [6.07, 6.45) is 3.51. The Balaban J connectivity index is 0.00000342. The van der Waals surface area contributed by atoms with E-state index in [2.05, 4.69) is 20.3 Å². The van der Waals surface area contributed by atoms with Crippen molar-refractivity contribution in [3.63, 3.8) is 0 Å². The van der Waals surface area contributed by atoms with Crippen molar-refractivity contribution >= 4 is 63.9 Å². The fraction of sp³-hybridized carbons (Fsp3) is 0.125. The molecule has 0 radical (unpaired) electrons. The molecule has 0 atom stereocenters. The van der Waals surface area contributed by atoms with Crippen molar-refractivity contribution in [1.82, 2.24) is 15.0 Å². The van der Waals surface area contributed by atoms with E-state index >= 15 is 0 Å². The summed E-state index contributed by atoms with van der Waals surface area (Å²) in [5, 5.41) is 3.34. The minimum Gasteiger partial charge on any atom is -0.399 e. The van der Waals surface area contributed by atoms with Crippen LogP contribution in [0.25, 0.3) is 11.0 Å². The van der Waals surface area contributed by atoms with Crippen LogP contribution in [-0.2, 0) is 0 Å². The van der Waals surface area contributed by atoms with Gasteiger partial charge in [0.1, 0.15) is 17.5 Å². The molecule has 4 aromatic rings. The Kier molecular flexibility index (Phi) is 8.06. The van der Waals surface area contributed by atoms with Crippen LogP contribution in [0.5, 0.6) is 0 Å². The van der Waals surface area contributed by atoms with Crippen LogP contribution in [-0.4, -0.2) is 33.3 Å². The molecule has 0 aliphatic carbocycles. The number of pyridine rings is 1. The van der Waals surface area contributed by atoms with Gasteiger partial charge in [0.25, 0.3) is 17.4 Å². The fourth-order valence-electron chi connectivity index (χ4n) is 3.48. The molecule has 0 bridgehead atoms. The number of anilines is 3. The van der Waals surface area contributed by atoms with Crippen LogP contribution in [0.1, 0.15) is 34.1 Å². The molecule has 4 N–H and O–H groups in total. The molecule has 2 amide bonds. The van der Waals surface area contributed by atoms with E-state index in [0.717, 1.165) is 6.42 Å². The molecular formula is C24H22Cl2N6O3. The van der Waals surface area contributed by atoms with Crippen molar-refractivity contribution in [1.29, 1.82) is 0 Å². The molecule has 35 heavy (non-hydrogen) atoms. The van der Waals surface area contributed by atoms with Crippen molar-refractivity contribution in [2.24, 2.45) is 0 Å². The molecule has 11 heteroatoms. The summed E-state index contributed by atoms with van der Waals surface area (Å²) in [6, 6.07) is 13.0. The van der Waals surface area contributed by atoms with Gasteiger partial charge in [0.2, 0.25) is 0 Å². The van der Waals surface area contributed by atoms with Gasteiger partial charge < -0.3 is 20.9 Å². The van der Waals surface area contributed by atoms with Gasteiger partial charge in [-0.2, -0.15) is 0 Å². The van der Waals surface area contributed by atoms with Gasteiger partial charge >= 0.3 is 0 Å². The molecule has 180 valence electrons. The molecule has 2 aromatic carbocycles. The Labute approximate surface area is 211 Å². The molecule has 0 unspecified atom stereocenters. The normalized spacial score (nSPS) is 10.5. The Hall–Kier alpha value is -3.95. The molecule has 0 saturated heterocycles. The number of carbonyl (C=O) groups excluding carboxylic acids is 2. The van der Waals surface area contributed by atoms with Gasteiger partial charge in [-0.3, -0.25) is 14.4 Å². The van der Waals surface area contributed by atoms with E-state index in [1.165, 1.54) is 30.7 Å². The number of fused-ring (bicyclic) bond motifs is 1. The summed E-state index contributed by atoms with van der Waals surface area (Å²) >= 11 is 6.28. The quantitative estimate of drug-likeness (QED) is 0.330. The van der Waals surface area contributed by atoms with Crippen LogP contribution >= 0.6 is 24.0 Å². The van der Waals surface area contributed by atoms with E-state index in [4.69, 9.17) is 17.3 Å². The number of amides is 2. The second-order valence-electron chi connectivity index (χ2n) is 7.54. The highest BCUT2D eigenvalue weighted by atomic mass is 35.5. The van der Waals surface area contributed by atoms with E-state index in [0.29, 0.717) is 34.5 Å². The maximum Gasteiger partial charge on any atom is 0.262 e. The summed E-state index contributed by atoms with van der Waals surface area (Å²) in [6.45, 7) is 2.44. The molecule has 4 rings (SSSR count). The lowest BCUT2D eigenvalue weighted by molar-refractivity contribution is 0.0984. The largest absolute Gasteiger partial charge is 0.399 e. The number of H-pyrrole nitrogens is 1. The lowest BCUT2D eigenvalue weighted by Crippen LogP contribution is -2.32. The summed E-state index contributed by atoms with van der Waals surface area (Å²) < 4.78 is 0. The second kappa shape index (κ2) is 11.0. The van der Waals surface area contributed by atoms with Crippen molar-refractivity contribution in [3.05, 3.63) is 87.6 Å². The number of nitrogen functional groups attached to an aromatic ring is 1. The molecule has 9 nitrogen and oxygen atoms in total. The Morgan fingerprint density at radius 3 is 2.71 bits per heavy atom. The zero-order valence-electron chi connectivity index (χ0n) is 18.6. The van der Waals surface area contributed by atoms with Gasteiger partial charge in [-0.25, -0.2) is 9.97 Å². The van der Waals surface area contributed by atoms with Crippen molar-refractivity contribution < 1.29 is 9.59 Å². The first-order valence-electron chi connectivity index (χ1n) is 10.5. The number of hydrogen-bond acceptors (Lipinski definition) is 6. The minimum atomic E-state index is -0.681. The van der Waals surface area contributed by atoms with Crippen LogP contribution in [0, 0.1) is 0 Å². The summed E-state index contributed by atoms with van der Waals surface area (Å²) in [7, 11) is 0. The molecule has 0 spiro atoms. The predicted molar refractivity (Wildman–Crippen MR) is 140 cm³/mol. The molecule has 0 aliphatic rings. The van der Waals surface area contributed by atoms with Gasteiger partial charge in [-0.1, -0.05) is 24.6 Å². The number of rotatable bonds is 6. The summed E-state index contributed by atoms with van der Waals surface area (Å²) in [5.74, 6) is -0.958. The minimum absolute atomic E-state index is 0. The molecule has 2 aromatic heterocycles. The molecule has 0 saturated carbocycles. The van der Waals surface area contributed by atoms with Crippen LogP contribution in [0.2, 0.25) is 5.02 Å². The topological polar surface area (TPSA) is 134 Å². The smallest absolute Gasteiger partial charge is 0.262 e. The first kappa shape index (κ1) is 25.7. The number of aromatic nitrogens is 3. The summed E-state index contributed by atoms with van der Waals surface area (Å²) in [4.78, 5) is 50.6. The summed E-state index contributed by atoms with van der Waals surface area (Å²) in [5.41, 5.74) is 7.19. The Bertz CT molecular complexity index is 1460. The highest BCUT2D eigenvalue weighted by molar-refractivity contribution is 6.34. The van der Waals surface area contributed by atoms with Crippen LogP contribution < -0.4 is 21.5 Å². The van der Waals surface area contributed by atoms with Gasteiger partial charge in [0.15, 0.2) is 0 Å². The number of aromatic amines is 1. The number of nitrogens with one attached hydrogen (secondary N) is 2. The zero-order chi connectivity index (χ0) is 24.2. The Morgan fingerprint density at radius 2 is 1.97 bits per heavy atom. The molecular weight excluding hydrogens is 491 g/mol. The number of nitrogens with zero attached hydrogens (tertiary/aromatic N) is 3. The zero-order valence-corrected chi connectivity index (χ0v) is 20.2. The SMILES string of the molecule is CCCN(C(=O)c1ccc(Cl)c(NC(=O)c2cc3cncnc3[nH]c2=O)c1)c1cccc(N)c1.Cl. The maximum absolute atomic E-state index is 13.3. The fourth-order valence-corrected chi connectivity index (χ4v) is 3.64. The first-order chi connectivity index (χ1) is 16.4. The number of hydrogen-bond donors (Lipinski definition) is 3. The monoisotopic (exact) mass is 512 g/mol. The van der Waals surface area contributed by atoms with Crippen molar-refractivity contribution in [2.45, 2.75) is 13.3 Å². The van der Waals surface area contributed by atoms with Crippen molar-refractivity contribution in [3.8, 4) is 0 Å². The highest BCUT2D eigenvalue weighted by Gasteiger charge is 2.20. The van der Waals surface area contributed by atoms with Gasteiger partial charge in [0.05, 0.1) is 10.7 Å². The predicted octanol–water partition coefficient (Wildman–Crippen LogP) is 4.28. The molecule has 0 fully saturated rings. The average Bonchev–Trinajstić information content (AvgIpc) is 2.83. The van der Waals surface area contributed by atoms with Gasteiger partial charge in [-0.05, 0) is 48.9 Å². The van der Waals surface area contributed by atoms with Crippen LogP contribution in [0.4, 0.5) is 17.1 Å². The molecule has 0 aliphatic heterocycles. The molecule has 2 heterocycles. The van der Waals surface area contributed by atoms with E-state index < -0.39 is 11.5 Å². The number of nitrogens with two attached hydrogens (primary N) is 1. The van der Waals surface area contributed by atoms with E-state index in [9.17, 15) is 14.4 Å². The van der Waals surface area contributed by atoms with Crippen LogP contribution in [0.15, 0.2) is 65.8 Å². The average molecular weight is 513 g/mol. The third kappa shape index (κ3) is 5.59. The number of benzene rings is 2. The third-order valence-electron chi connectivity index (χ3n) is 5.10. The second-order valence-corrected chi connectivity index (χ2v) is 7.95. The number of halogens is 2.